The largest absolute Gasteiger partial charge is 0.497 e. The van der Waals surface area contributed by atoms with Crippen molar-refractivity contribution >= 4 is 43.2 Å². The summed E-state index contributed by atoms with van der Waals surface area (Å²) in [5, 5.41) is 0.248. The summed E-state index contributed by atoms with van der Waals surface area (Å²) in [5.74, 6) is 0.824. The van der Waals surface area contributed by atoms with E-state index in [1.807, 2.05) is 0 Å². The van der Waals surface area contributed by atoms with Crippen LogP contribution in [0.25, 0.3) is 0 Å². The molecule has 0 saturated heterocycles. The molecule has 0 spiro atoms. The molecule has 0 atom stereocenters. The van der Waals surface area contributed by atoms with Crippen molar-refractivity contribution in [2.45, 2.75) is 11.4 Å². The van der Waals surface area contributed by atoms with Gasteiger partial charge in [-0.1, -0.05) is 11.6 Å². The standard InChI is InChI=1S/C12H12BrClN2O4S/c1-19-7-2-3-9(14)10(4-7)16-21(17,18)11-5-8(6-15)20-12(11)13/h2-5,16H,6,15H2,1H3. The molecule has 3 N–H and O–H groups in total. The molecule has 0 saturated carbocycles. The first kappa shape index (κ1) is 16.2. The summed E-state index contributed by atoms with van der Waals surface area (Å²) in [5.41, 5.74) is 5.63. The molecule has 114 valence electrons. The third-order valence-electron chi connectivity index (χ3n) is 2.62. The highest BCUT2D eigenvalue weighted by molar-refractivity contribution is 9.10. The van der Waals surface area contributed by atoms with Crippen LogP contribution in [0.2, 0.25) is 5.02 Å². The highest BCUT2D eigenvalue weighted by atomic mass is 79.9. The first-order valence-electron chi connectivity index (χ1n) is 5.72. The Bertz CT molecular complexity index is 761. The second-order valence-electron chi connectivity index (χ2n) is 4.01. The maximum absolute atomic E-state index is 12.4. The molecular weight excluding hydrogens is 384 g/mol. The van der Waals surface area contributed by atoms with E-state index in [1.165, 1.54) is 25.3 Å². The van der Waals surface area contributed by atoms with Crippen LogP contribution >= 0.6 is 27.5 Å². The summed E-state index contributed by atoms with van der Waals surface area (Å²) in [6.07, 6.45) is 0. The van der Waals surface area contributed by atoms with Crippen LogP contribution in [0.1, 0.15) is 5.76 Å². The first-order chi connectivity index (χ1) is 9.87. The van der Waals surface area contributed by atoms with Gasteiger partial charge < -0.3 is 14.9 Å². The van der Waals surface area contributed by atoms with Crippen molar-refractivity contribution in [3.63, 3.8) is 0 Å². The summed E-state index contributed by atoms with van der Waals surface area (Å²) in [6.45, 7) is 0.0913. The van der Waals surface area contributed by atoms with Gasteiger partial charge in [-0.2, -0.15) is 0 Å². The lowest BCUT2D eigenvalue weighted by Gasteiger charge is -2.10. The van der Waals surface area contributed by atoms with Crippen LogP contribution in [-0.2, 0) is 16.6 Å². The maximum atomic E-state index is 12.4. The molecule has 2 aromatic rings. The molecule has 9 heteroatoms. The number of benzene rings is 1. The molecule has 6 nitrogen and oxygen atoms in total. The third-order valence-corrected chi connectivity index (χ3v) is 5.17. The molecule has 21 heavy (non-hydrogen) atoms. The van der Waals surface area contributed by atoms with E-state index in [0.29, 0.717) is 11.5 Å². The Hall–Kier alpha value is -1.22. The van der Waals surface area contributed by atoms with Crippen LogP contribution in [0.15, 0.2) is 38.2 Å². The van der Waals surface area contributed by atoms with E-state index < -0.39 is 10.0 Å². The van der Waals surface area contributed by atoms with Crippen molar-refractivity contribution in [3.05, 3.63) is 39.7 Å². The first-order valence-corrected chi connectivity index (χ1v) is 8.37. The molecule has 0 aliphatic heterocycles. The van der Waals surface area contributed by atoms with Gasteiger partial charge in [-0.25, -0.2) is 8.42 Å². The predicted molar refractivity (Wildman–Crippen MR) is 83.1 cm³/mol. The van der Waals surface area contributed by atoms with Crippen molar-refractivity contribution in [2.75, 3.05) is 11.8 Å². The van der Waals surface area contributed by atoms with Gasteiger partial charge in [0.2, 0.25) is 0 Å². The monoisotopic (exact) mass is 394 g/mol. The number of sulfonamides is 1. The Morgan fingerprint density at radius 2 is 2.14 bits per heavy atom. The number of methoxy groups -OCH3 is 1. The maximum Gasteiger partial charge on any atom is 0.266 e. The molecule has 1 aromatic heterocycles. The zero-order chi connectivity index (χ0) is 15.6. The second-order valence-corrected chi connectivity index (χ2v) is 6.78. The van der Waals surface area contributed by atoms with Gasteiger partial charge in [0.25, 0.3) is 10.0 Å². The van der Waals surface area contributed by atoms with Crippen molar-refractivity contribution in [1.29, 1.82) is 0 Å². The number of hydrogen-bond donors (Lipinski definition) is 2. The summed E-state index contributed by atoms with van der Waals surface area (Å²) in [7, 11) is -2.39. The number of furan rings is 1. The van der Waals surface area contributed by atoms with E-state index in [2.05, 4.69) is 20.7 Å². The number of halogens is 2. The van der Waals surface area contributed by atoms with E-state index in [-0.39, 0.29) is 26.8 Å². The molecule has 1 aromatic carbocycles. The summed E-state index contributed by atoms with van der Waals surface area (Å²) in [4.78, 5) is -0.0539. The average molecular weight is 396 g/mol. The Kier molecular flexibility index (Phi) is 4.82. The van der Waals surface area contributed by atoms with Gasteiger partial charge in [0.15, 0.2) is 4.67 Å². The number of ether oxygens (including phenoxy) is 1. The summed E-state index contributed by atoms with van der Waals surface area (Å²) < 4.78 is 37.4. The minimum absolute atomic E-state index is 0.0539. The van der Waals surface area contributed by atoms with Crippen molar-refractivity contribution in [2.24, 2.45) is 5.73 Å². The topological polar surface area (TPSA) is 94.6 Å². The van der Waals surface area contributed by atoms with Gasteiger partial charge in [-0.3, -0.25) is 4.72 Å². The van der Waals surface area contributed by atoms with E-state index in [4.69, 9.17) is 26.5 Å². The van der Waals surface area contributed by atoms with Gasteiger partial charge >= 0.3 is 0 Å². The van der Waals surface area contributed by atoms with Crippen molar-refractivity contribution in [1.82, 2.24) is 0 Å². The lowest BCUT2D eigenvalue weighted by molar-refractivity contribution is 0.415. The third kappa shape index (κ3) is 3.52. The number of nitrogens with one attached hydrogen (secondary N) is 1. The fraction of sp³-hybridized carbons (Fsp3) is 0.167. The molecule has 0 unspecified atom stereocenters. The van der Waals surface area contributed by atoms with Crippen LogP contribution in [0.3, 0.4) is 0 Å². The van der Waals surface area contributed by atoms with E-state index in [9.17, 15) is 8.42 Å². The normalized spacial score (nSPS) is 11.4. The van der Waals surface area contributed by atoms with Crippen LogP contribution in [0.4, 0.5) is 5.69 Å². The lowest BCUT2D eigenvalue weighted by atomic mass is 10.3. The van der Waals surface area contributed by atoms with Gasteiger partial charge in [0.05, 0.1) is 24.4 Å². The molecule has 0 bridgehead atoms. The van der Waals surface area contributed by atoms with E-state index in [1.54, 1.807) is 6.07 Å². The van der Waals surface area contributed by atoms with Gasteiger partial charge in [0.1, 0.15) is 16.4 Å². The van der Waals surface area contributed by atoms with Crippen molar-refractivity contribution < 1.29 is 17.6 Å². The number of nitrogens with two attached hydrogens (primary N) is 1. The molecule has 0 radical (unpaired) electrons. The molecule has 1 heterocycles. The quantitative estimate of drug-likeness (QED) is 0.811. The SMILES string of the molecule is COc1ccc(Cl)c(NS(=O)(=O)c2cc(CN)oc2Br)c1. The zero-order valence-electron chi connectivity index (χ0n) is 10.9. The fourth-order valence-electron chi connectivity index (χ4n) is 1.59. The molecule has 0 aliphatic carbocycles. The molecule has 0 aliphatic rings. The second kappa shape index (κ2) is 6.27. The van der Waals surface area contributed by atoms with Gasteiger partial charge in [0, 0.05) is 12.1 Å². The summed E-state index contributed by atoms with van der Waals surface area (Å²) in [6, 6.07) is 5.99. The number of anilines is 1. The van der Waals surface area contributed by atoms with Crippen LogP contribution in [0, 0.1) is 0 Å². The van der Waals surface area contributed by atoms with Gasteiger partial charge in [-0.15, -0.1) is 0 Å². The molecule has 2 rings (SSSR count). The smallest absolute Gasteiger partial charge is 0.266 e. The van der Waals surface area contributed by atoms with Crippen molar-refractivity contribution in [3.8, 4) is 5.75 Å². The fourth-order valence-corrected chi connectivity index (χ4v) is 3.88. The lowest BCUT2D eigenvalue weighted by Crippen LogP contribution is -2.13. The van der Waals surface area contributed by atoms with Gasteiger partial charge in [-0.05, 0) is 28.1 Å². The van der Waals surface area contributed by atoms with E-state index >= 15 is 0 Å². The molecule has 0 amide bonds. The van der Waals surface area contributed by atoms with Crippen LogP contribution in [-0.4, -0.2) is 15.5 Å². The van der Waals surface area contributed by atoms with Crippen LogP contribution in [0.5, 0.6) is 5.75 Å². The van der Waals surface area contributed by atoms with E-state index in [0.717, 1.165) is 0 Å². The number of hydrogen-bond acceptors (Lipinski definition) is 5. The van der Waals surface area contributed by atoms with Crippen LogP contribution < -0.4 is 15.2 Å². The highest BCUT2D eigenvalue weighted by Gasteiger charge is 2.23. The highest BCUT2D eigenvalue weighted by Crippen LogP contribution is 2.31. The zero-order valence-corrected chi connectivity index (χ0v) is 14.0. The predicted octanol–water partition coefficient (Wildman–Crippen LogP) is 2.96. The molecule has 0 fully saturated rings. The number of rotatable bonds is 5. The average Bonchev–Trinajstić information content (AvgIpc) is 2.83. The Morgan fingerprint density at radius 1 is 1.43 bits per heavy atom. The Labute approximate surface area is 135 Å². The molecular formula is C12H12BrClN2O4S. The Morgan fingerprint density at radius 3 is 2.71 bits per heavy atom. The minimum Gasteiger partial charge on any atom is -0.497 e. The minimum atomic E-state index is -3.87. The Balaban J connectivity index is 2.39. The summed E-state index contributed by atoms with van der Waals surface area (Å²) >= 11 is 9.04.